The Kier molecular flexibility index (Phi) is 4.12. The van der Waals surface area contributed by atoms with Gasteiger partial charge < -0.3 is 11.1 Å². The van der Waals surface area contributed by atoms with Crippen LogP contribution >= 0.6 is 0 Å². The summed E-state index contributed by atoms with van der Waals surface area (Å²) in [5, 5.41) is 6.22. The number of aryl methyl sites for hydroxylation is 1. The van der Waals surface area contributed by atoms with Gasteiger partial charge in [0.15, 0.2) is 0 Å². The third-order valence-corrected chi connectivity index (χ3v) is 4.26. The number of nitrogens with one attached hydrogen (secondary N) is 1. The van der Waals surface area contributed by atoms with Crippen LogP contribution in [-0.4, -0.2) is 0 Å². The zero-order valence-corrected chi connectivity index (χ0v) is 13.1. The molecule has 3 N–H and O–H groups in total. The number of hydrogen-bond acceptors (Lipinski definition) is 2. The molecule has 0 aromatic heterocycles. The van der Waals surface area contributed by atoms with E-state index in [2.05, 4.69) is 73.8 Å². The summed E-state index contributed by atoms with van der Waals surface area (Å²) < 4.78 is 0. The van der Waals surface area contributed by atoms with Gasteiger partial charge >= 0.3 is 0 Å². The van der Waals surface area contributed by atoms with E-state index in [0.29, 0.717) is 0 Å². The third-order valence-electron chi connectivity index (χ3n) is 4.26. The van der Waals surface area contributed by atoms with E-state index >= 15 is 0 Å². The molecule has 0 heterocycles. The molecule has 2 nitrogen and oxygen atoms in total. The van der Waals surface area contributed by atoms with Crippen LogP contribution in [0.25, 0.3) is 10.8 Å². The van der Waals surface area contributed by atoms with Crippen LogP contribution in [0.4, 0.5) is 5.69 Å². The van der Waals surface area contributed by atoms with Crippen molar-refractivity contribution in [2.45, 2.75) is 26.4 Å². The van der Waals surface area contributed by atoms with Gasteiger partial charge in [-0.1, -0.05) is 48.5 Å². The second-order valence-corrected chi connectivity index (χ2v) is 5.86. The van der Waals surface area contributed by atoms with Gasteiger partial charge in [-0.3, -0.25) is 0 Å². The highest BCUT2D eigenvalue weighted by Gasteiger charge is 2.09. The van der Waals surface area contributed by atoms with Crippen molar-refractivity contribution < 1.29 is 0 Å². The average molecular weight is 290 g/mol. The van der Waals surface area contributed by atoms with Gasteiger partial charge in [0, 0.05) is 18.3 Å². The molecule has 0 saturated heterocycles. The fourth-order valence-corrected chi connectivity index (χ4v) is 2.88. The van der Waals surface area contributed by atoms with Crippen molar-refractivity contribution in [3.63, 3.8) is 0 Å². The summed E-state index contributed by atoms with van der Waals surface area (Å²) in [6.45, 7) is 5.16. The van der Waals surface area contributed by atoms with E-state index in [0.717, 1.165) is 12.2 Å². The minimum absolute atomic E-state index is 0.284. The Hall–Kier alpha value is -2.32. The molecule has 3 aromatic carbocycles. The van der Waals surface area contributed by atoms with E-state index < -0.39 is 0 Å². The smallest absolute Gasteiger partial charge is 0.0317 e. The molecule has 0 radical (unpaired) electrons. The molecule has 0 aliphatic rings. The molecule has 0 fully saturated rings. The maximum Gasteiger partial charge on any atom is 0.0317 e. The Balaban J connectivity index is 1.82. The van der Waals surface area contributed by atoms with E-state index in [1.165, 1.54) is 27.5 Å². The Morgan fingerprint density at radius 1 is 1.00 bits per heavy atom. The van der Waals surface area contributed by atoms with Crippen molar-refractivity contribution in [1.29, 1.82) is 0 Å². The number of nitrogens with two attached hydrogens (primary N) is 1. The summed E-state index contributed by atoms with van der Waals surface area (Å²) in [5.41, 5.74) is 10.6. The van der Waals surface area contributed by atoms with Crippen LogP contribution in [0.2, 0.25) is 0 Å². The molecule has 0 aliphatic carbocycles. The monoisotopic (exact) mass is 290 g/mol. The highest BCUT2D eigenvalue weighted by Crippen LogP contribution is 2.24. The van der Waals surface area contributed by atoms with Crippen molar-refractivity contribution in [2.24, 2.45) is 0 Å². The van der Waals surface area contributed by atoms with Gasteiger partial charge in [0.25, 0.3) is 0 Å². The quantitative estimate of drug-likeness (QED) is 0.690. The number of fused-ring (bicyclic) bond motifs is 1. The van der Waals surface area contributed by atoms with Crippen LogP contribution in [0.15, 0.2) is 60.7 Å². The Morgan fingerprint density at radius 3 is 2.64 bits per heavy atom. The first-order valence-electron chi connectivity index (χ1n) is 7.71. The Labute approximate surface area is 132 Å². The SMILES string of the molecule is Cc1ccc(N)cc1CN[C@H](C)c1cccc2ccccc12. The van der Waals surface area contributed by atoms with E-state index in [1.54, 1.807) is 0 Å². The minimum Gasteiger partial charge on any atom is -0.399 e. The molecule has 0 bridgehead atoms. The van der Waals surface area contributed by atoms with Crippen molar-refractivity contribution in [3.05, 3.63) is 77.4 Å². The normalized spacial score (nSPS) is 12.5. The predicted molar refractivity (Wildman–Crippen MR) is 94.8 cm³/mol. The van der Waals surface area contributed by atoms with E-state index in [4.69, 9.17) is 5.73 Å². The Bertz CT molecular complexity index is 787. The van der Waals surface area contributed by atoms with E-state index in [9.17, 15) is 0 Å². The molecule has 2 heteroatoms. The van der Waals surface area contributed by atoms with Gasteiger partial charge in [0.2, 0.25) is 0 Å². The lowest BCUT2D eigenvalue weighted by atomic mass is 9.99. The number of anilines is 1. The van der Waals surface area contributed by atoms with Gasteiger partial charge in [0.1, 0.15) is 0 Å². The lowest BCUT2D eigenvalue weighted by Gasteiger charge is -2.17. The molecular formula is C20H22N2. The van der Waals surface area contributed by atoms with Crippen LogP contribution in [0.3, 0.4) is 0 Å². The van der Waals surface area contributed by atoms with Gasteiger partial charge in [-0.25, -0.2) is 0 Å². The minimum atomic E-state index is 0.284. The summed E-state index contributed by atoms with van der Waals surface area (Å²) in [5.74, 6) is 0. The molecule has 0 aliphatic heterocycles. The van der Waals surface area contributed by atoms with Crippen LogP contribution in [-0.2, 0) is 6.54 Å². The topological polar surface area (TPSA) is 38.0 Å². The lowest BCUT2D eigenvalue weighted by molar-refractivity contribution is 0.577. The van der Waals surface area contributed by atoms with Gasteiger partial charge in [-0.2, -0.15) is 0 Å². The largest absolute Gasteiger partial charge is 0.399 e. The summed E-state index contributed by atoms with van der Waals surface area (Å²) >= 11 is 0. The molecule has 0 saturated carbocycles. The van der Waals surface area contributed by atoms with Gasteiger partial charge in [-0.05, 0) is 53.4 Å². The summed E-state index contributed by atoms with van der Waals surface area (Å²) in [4.78, 5) is 0. The molecular weight excluding hydrogens is 268 g/mol. The van der Waals surface area contributed by atoms with Crippen LogP contribution < -0.4 is 11.1 Å². The fraction of sp³-hybridized carbons (Fsp3) is 0.200. The van der Waals surface area contributed by atoms with E-state index in [1.807, 2.05) is 6.07 Å². The van der Waals surface area contributed by atoms with Crippen molar-refractivity contribution in [2.75, 3.05) is 5.73 Å². The second kappa shape index (κ2) is 6.20. The molecule has 112 valence electrons. The molecule has 3 aromatic rings. The second-order valence-electron chi connectivity index (χ2n) is 5.86. The molecule has 1 atom stereocenters. The lowest BCUT2D eigenvalue weighted by Crippen LogP contribution is -2.19. The summed E-state index contributed by atoms with van der Waals surface area (Å²) in [7, 11) is 0. The first-order valence-corrected chi connectivity index (χ1v) is 7.71. The Morgan fingerprint density at radius 2 is 1.77 bits per heavy atom. The molecule has 0 amide bonds. The van der Waals surface area contributed by atoms with Crippen molar-refractivity contribution in [1.82, 2.24) is 5.32 Å². The average Bonchev–Trinajstić information content (AvgIpc) is 2.55. The zero-order chi connectivity index (χ0) is 15.5. The predicted octanol–water partition coefficient (Wildman–Crippen LogP) is 4.58. The maximum atomic E-state index is 5.89. The molecule has 0 spiro atoms. The first-order chi connectivity index (χ1) is 10.6. The first kappa shape index (κ1) is 14.6. The highest BCUT2D eigenvalue weighted by molar-refractivity contribution is 5.86. The molecule has 3 rings (SSSR count). The highest BCUT2D eigenvalue weighted by atomic mass is 14.9. The maximum absolute atomic E-state index is 5.89. The number of benzene rings is 3. The number of rotatable bonds is 4. The van der Waals surface area contributed by atoms with Crippen LogP contribution in [0, 0.1) is 6.92 Å². The standard InChI is InChI=1S/C20H22N2/c1-14-10-11-18(21)12-17(14)13-22-15(2)19-9-5-7-16-6-3-4-8-20(16)19/h3-12,15,22H,13,21H2,1-2H3/t15-/m1/s1. The molecule has 22 heavy (non-hydrogen) atoms. The van der Waals surface area contributed by atoms with Crippen molar-refractivity contribution in [3.8, 4) is 0 Å². The number of hydrogen-bond donors (Lipinski definition) is 2. The van der Waals surface area contributed by atoms with E-state index in [-0.39, 0.29) is 6.04 Å². The van der Waals surface area contributed by atoms with Crippen molar-refractivity contribution >= 4 is 16.5 Å². The van der Waals surface area contributed by atoms with Gasteiger partial charge in [-0.15, -0.1) is 0 Å². The zero-order valence-electron chi connectivity index (χ0n) is 13.1. The summed E-state index contributed by atoms with van der Waals surface area (Å²) in [6.07, 6.45) is 0. The van der Waals surface area contributed by atoms with Crippen LogP contribution in [0.5, 0.6) is 0 Å². The fourth-order valence-electron chi connectivity index (χ4n) is 2.88. The third kappa shape index (κ3) is 2.97. The van der Waals surface area contributed by atoms with Gasteiger partial charge in [0.05, 0.1) is 0 Å². The summed E-state index contributed by atoms with van der Waals surface area (Å²) in [6, 6.07) is 21.4. The number of nitrogen functional groups attached to an aromatic ring is 1. The van der Waals surface area contributed by atoms with Crippen LogP contribution in [0.1, 0.15) is 29.7 Å². The molecule has 0 unspecified atom stereocenters.